The Morgan fingerprint density at radius 3 is 2.80 bits per heavy atom. The van der Waals surface area contributed by atoms with Crippen LogP contribution in [0.15, 0.2) is 46.3 Å². The van der Waals surface area contributed by atoms with Gasteiger partial charge >= 0.3 is 0 Å². The molecule has 0 amide bonds. The van der Waals surface area contributed by atoms with E-state index in [1.54, 1.807) is 19.1 Å². The lowest BCUT2D eigenvalue weighted by atomic mass is 10.3. The van der Waals surface area contributed by atoms with Crippen molar-refractivity contribution in [3.63, 3.8) is 0 Å². The number of hydrogen-bond donors (Lipinski definition) is 2. The molecule has 2 heterocycles. The number of nitrogens with two attached hydrogens (primary N) is 1. The summed E-state index contributed by atoms with van der Waals surface area (Å²) in [5, 5.41) is 8.60. The van der Waals surface area contributed by atoms with Crippen LogP contribution in [0.2, 0.25) is 10.2 Å². The fourth-order valence-electron chi connectivity index (χ4n) is 2.08. The van der Waals surface area contributed by atoms with Crippen LogP contribution in [0.3, 0.4) is 0 Å². The van der Waals surface area contributed by atoms with Gasteiger partial charge in [0, 0.05) is 6.07 Å². The molecular weight excluding hydrogens is 381 g/mol. The van der Waals surface area contributed by atoms with Crippen molar-refractivity contribution in [3.8, 4) is 0 Å². The van der Waals surface area contributed by atoms with E-state index in [1.165, 1.54) is 23.6 Å². The molecule has 0 saturated carbocycles. The number of aryl methyl sites for hydroxylation is 1. The average Bonchev–Trinajstić information content (AvgIpc) is 2.88. The molecule has 6 nitrogen and oxygen atoms in total. The highest BCUT2D eigenvalue weighted by Gasteiger charge is 2.09. The van der Waals surface area contributed by atoms with Gasteiger partial charge in [0.25, 0.3) is 5.56 Å². The number of nitrogens with zero attached hydrogens (tertiary/aromatic N) is 3. The Morgan fingerprint density at radius 2 is 2.08 bits per heavy atom. The van der Waals surface area contributed by atoms with Crippen molar-refractivity contribution >= 4 is 57.4 Å². The van der Waals surface area contributed by atoms with Crippen molar-refractivity contribution < 1.29 is 0 Å². The number of hydrogen-bond acceptors (Lipinski definition) is 6. The standard InChI is InChI=1S/C16H13Cl2N5OS/c1-9-6-13(19)23(14(24)7-9)20-8-12-15(18)22-16(25-12)21-11-5-3-2-4-10(11)17/h2-8H,19H2,1H3,(H,21,22)/b20-8+. The van der Waals surface area contributed by atoms with Gasteiger partial charge in [-0.3, -0.25) is 4.79 Å². The maximum Gasteiger partial charge on any atom is 0.273 e. The molecule has 0 radical (unpaired) electrons. The summed E-state index contributed by atoms with van der Waals surface area (Å²) >= 11 is 13.5. The molecule has 0 aliphatic rings. The van der Waals surface area contributed by atoms with Crippen LogP contribution in [0.1, 0.15) is 10.4 Å². The first kappa shape index (κ1) is 17.5. The number of para-hydroxylation sites is 1. The van der Waals surface area contributed by atoms with Gasteiger partial charge in [-0.15, -0.1) is 0 Å². The molecule has 0 saturated heterocycles. The van der Waals surface area contributed by atoms with Crippen LogP contribution in [-0.4, -0.2) is 15.9 Å². The maximum absolute atomic E-state index is 11.9. The topological polar surface area (TPSA) is 85.3 Å². The van der Waals surface area contributed by atoms with Gasteiger partial charge in [-0.25, -0.2) is 4.98 Å². The first-order valence-corrected chi connectivity index (χ1v) is 8.72. The predicted octanol–water partition coefficient (Wildman–Crippen LogP) is 4.13. The lowest BCUT2D eigenvalue weighted by Crippen LogP contribution is -2.19. The third-order valence-electron chi connectivity index (χ3n) is 3.20. The largest absolute Gasteiger partial charge is 0.384 e. The Morgan fingerprint density at radius 1 is 1.32 bits per heavy atom. The summed E-state index contributed by atoms with van der Waals surface area (Å²) in [4.78, 5) is 16.8. The van der Waals surface area contributed by atoms with Gasteiger partial charge in [0.15, 0.2) is 10.3 Å². The van der Waals surface area contributed by atoms with Crippen LogP contribution in [0, 0.1) is 6.92 Å². The quantitative estimate of drug-likeness (QED) is 0.652. The average molecular weight is 394 g/mol. The lowest BCUT2D eigenvalue weighted by molar-refractivity contribution is 0.844. The number of nitrogens with one attached hydrogen (secondary N) is 1. The van der Waals surface area contributed by atoms with E-state index in [0.29, 0.717) is 15.0 Å². The Bertz CT molecular complexity index is 1010. The molecule has 3 rings (SSSR count). The predicted molar refractivity (Wildman–Crippen MR) is 105 cm³/mol. The summed E-state index contributed by atoms with van der Waals surface area (Å²) in [7, 11) is 0. The highest BCUT2D eigenvalue weighted by atomic mass is 35.5. The van der Waals surface area contributed by atoms with E-state index in [9.17, 15) is 4.79 Å². The summed E-state index contributed by atoms with van der Waals surface area (Å²) in [5.74, 6) is 0.247. The van der Waals surface area contributed by atoms with Crippen molar-refractivity contribution in [1.82, 2.24) is 9.66 Å². The number of thiazole rings is 1. The van der Waals surface area contributed by atoms with E-state index in [4.69, 9.17) is 28.9 Å². The van der Waals surface area contributed by atoms with Crippen molar-refractivity contribution in [1.29, 1.82) is 0 Å². The second-order valence-corrected chi connectivity index (χ2v) is 6.93. The SMILES string of the molecule is Cc1cc(N)n(/N=C/c2sc(Nc3ccccc3Cl)nc2Cl)c(=O)c1. The molecule has 0 unspecified atom stereocenters. The molecule has 128 valence electrons. The Hall–Kier alpha value is -2.35. The molecule has 0 aliphatic carbocycles. The smallest absolute Gasteiger partial charge is 0.273 e. The minimum atomic E-state index is -0.316. The fraction of sp³-hybridized carbons (Fsp3) is 0.0625. The number of benzene rings is 1. The molecule has 0 fully saturated rings. The molecule has 9 heteroatoms. The molecule has 0 atom stereocenters. The molecule has 0 aliphatic heterocycles. The van der Waals surface area contributed by atoms with Gasteiger partial charge < -0.3 is 11.1 Å². The van der Waals surface area contributed by atoms with Gasteiger partial charge in [0.1, 0.15) is 5.82 Å². The van der Waals surface area contributed by atoms with Crippen molar-refractivity contribution in [2.75, 3.05) is 11.1 Å². The van der Waals surface area contributed by atoms with E-state index < -0.39 is 0 Å². The first-order chi connectivity index (χ1) is 11.9. The molecular formula is C16H13Cl2N5OS. The third kappa shape index (κ3) is 4.01. The third-order valence-corrected chi connectivity index (χ3v) is 4.83. The van der Waals surface area contributed by atoms with E-state index >= 15 is 0 Å². The zero-order valence-corrected chi connectivity index (χ0v) is 15.4. The normalized spacial score (nSPS) is 11.2. The molecule has 25 heavy (non-hydrogen) atoms. The number of rotatable bonds is 4. The number of nitrogen functional groups attached to an aromatic ring is 1. The number of aromatic nitrogens is 2. The molecule has 3 N–H and O–H groups in total. The van der Waals surface area contributed by atoms with Gasteiger partial charge in [0.05, 0.1) is 21.8 Å². The summed E-state index contributed by atoms with van der Waals surface area (Å²) < 4.78 is 1.10. The van der Waals surface area contributed by atoms with Crippen LogP contribution in [-0.2, 0) is 0 Å². The Labute approximate surface area is 157 Å². The lowest BCUT2D eigenvalue weighted by Gasteiger charge is -2.03. The van der Waals surface area contributed by atoms with E-state index in [-0.39, 0.29) is 16.5 Å². The Kier molecular flexibility index (Phi) is 5.08. The van der Waals surface area contributed by atoms with Crippen LogP contribution >= 0.6 is 34.5 Å². The first-order valence-electron chi connectivity index (χ1n) is 7.15. The molecule has 0 spiro atoms. The second kappa shape index (κ2) is 7.26. The monoisotopic (exact) mass is 393 g/mol. The second-order valence-electron chi connectivity index (χ2n) is 5.13. The number of pyridine rings is 1. The van der Waals surface area contributed by atoms with Gasteiger partial charge in [0.2, 0.25) is 0 Å². The highest BCUT2D eigenvalue weighted by Crippen LogP contribution is 2.30. The maximum atomic E-state index is 11.9. The van der Waals surface area contributed by atoms with Crippen LogP contribution in [0.5, 0.6) is 0 Å². The summed E-state index contributed by atoms with van der Waals surface area (Å²) in [6.07, 6.45) is 1.45. The van der Waals surface area contributed by atoms with E-state index in [0.717, 1.165) is 15.9 Å². The van der Waals surface area contributed by atoms with Crippen LogP contribution in [0.25, 0.3) is 0 Å². The summed E-state index contributed by atoms with van der Waals surface area (Å²) in [6, 6.07) is 10.4. The molecule has 1 aromatic carbocycles. The van der Waals surface area contributed by atoms with Crippen LogP contribution in [0.4, 0.5) is 16.6 Å². The minimum absolute atomic E-state index is 0.247. The van der Waals surface area contributed by atoms with Gasteiger partial charge in [-0.05, 0) is 30.7 Å². The minimum Gasteiger partial charge on any atom is -0.384 e. The van der Waals surface area contributed by atoms with Crippen molar-refractivity contribution in [2.45, 2.75) is 6.92 Å². The van der Waals surface area contributed by atoms with E-state index in [2.05, 4.69) is 15.4 Å². The Balaban J connectivity index is 1.86. The zero-order valence-electron chi connectivity index (χ0n) is 13.0. The fourth-order valence-corrected chi connectivity index (χ4v) is 3.30. The molecule has 3 aromatic rings. The van der Waals surface area contributed by atoms with Crippen LogP contribution < -0.4 is 16.6 Å². The van der Waals surface area contributed by atoms with Crippen molar-refractivity contribution in [2.24, 2.45) is 5.10 Å². The molecule has 2 aromatic heterocycles. The zero-order chi connectivity index (χ0) is 18.0. The number of anilines is 3. The van der Waals surface area contributed by atoms with Gasteiger partial charge in [-0.1, -0.05) is 46.7 Å². The number of halogens is 2. The van der Waals surface area contributed by atoms with Crippen molar-refractivity contribution in [3.05, 3.63) is 67.4 Å². The van der Waals surface area contributed by atoms with Gasteiger partial charge in [-0.2, -0.15) is 9.78 Å². The molecule has 0 bridgehead atoms. The summed E-state index contributed by atoms with van der Waals surface area (Å²) in [5.41, 5.74) is 7.00. The summed E-state index contributed by atoms with van der Waals surface area (Å²) in [6.45, 7) is 1.79. The van der Waals surface area contributed by atoms with E-state index in [1.807, 2.05) is 18.2 Å². The highest BCUT2D eigenvalue weighted by molar-refractivity contribution is 7.17.